The zero-order valence-corrected chi connectivity index (χ0v) is 16.4. The van der Waals surface area contributed by atoms with Crippen LogP contribution in [0.15, 0.2) is 71.7 Å². The fourth-order valence-corrected chi connectivity index (χ4v) is 4.38. The summed E-state index contributed by atoms with van der Waals surface area (Å²) in [7, 11) is 1.69. The van der Waals surface area contributed by atoms with Crippen molar-refractivity contribution in [1.29, 1.82) is 0 Å². The van der Waals surface area contributed by atoms with E-state index >= 15 is 0 Å². The Morgan fingerprint density at radius 1 is 1.00 bits per heavy atom. The Bertz CT molecular complexity index is 1170. The smallest absolute Gasteiger partial charge is 0.277 e. The minimum absolute atomic E-state index is 0.0267. The largest absolute Gasteiger partial charge is 0.502 e. The number of carbonyl (C=O) groups excluding carboxylic acids is 1. The summed E-state index contributed by atoms with van der Waals surface area (Å²) in [5.41, 5.74) is 1.35. The Hall–Kier alpha value is -3.74. The average molecular weight is 403 g/mol. The van der Waals surface area contributed by atoms with Crippen LogP contribution in [-0.2, 0) is 0 Å². The molecule has 0 saturated carbocycles. The normalized spacial score (nSPS) is 20.4. The van der Waals surface area contributed by atoms with Gasteiger partial charge in [0.15, 0.2) is 11.4 Å². The molecule has 0 fully saturated rings. The van der Waals surface area contributed by atoms with E-state index in [2.05, 4.69) is 0 Å². The van der Waals surface area contributed by atoms with Gasteiger partial charge in [0.2, 0.25) is 5.43 Å². The summed E-state index contributed by atoms with van der Waals surface area (Å²) in [6, 6.07) is 18.8. The number of amides is 1. The molecule has 0 radical (unpaired) electrons. The average Bonchev–Trinajstić information content (AvgIpc) is 2.75. The highest BCUT2D eigenvalue weighted by Gasteiger charge is 2.43. The lowest BCUT2D eigenvalue weighted by molar-refractivity contribution is 0.0573. The fourth-order valence-electron chi connectivity index (χ4n) is 4.38. The summed E-state index contributed by atoms with van der Waals surface area (Å²) in [6.45, 7) is 0.429. The van der Waals surface area contributed by atoms with E-state index in [1.807, 2.05) is 59.6 Å². The summed E-state index contributed by atoms with van der Waals surface area (Å²) in [4.78, 5) is 26.7. The quantitative estimate of drug-likeness (QED) is 0.676. The topological polar surface area (TPSA) is 75.0 Å². The molecule has 1 unspecified atom stereocenters. The minimum Gasteiger partial charge on any atom is -0.502 e. The maximum absolute atomic E-state index is 13.1. The number of benzene rings is 2. The van der Waals surface area contributed by atoms with Gasteiger partial charge in [-0.2, -0.15) is 0 Å². The second kappa shape index (κ2) is 6.95. The molecule has 0 bridgehead atoms. The van der Waals surface area contributed by atoms with Gasteiger partial charge in [-0.25, -0.2) is 0 Å². The van der Waals surface area contributed by atoms with Crippen molar-refractivity contribution in [3.63, 3.8) is 0 Å². The van der Waals surface area contributed by atoms with E-state index in [4.69, 9.17) is 4.74 Å². The van der Waals surface area contributed by atoms with Crippen LogP contribution in [0.1, 0.15) is 34.1 Å². The molecule has 0 spiro atoms. The van der Waals surface area contributed by atoms with E-state index in [1.165, 1.54) is 6.07 Å². The molecule has 7 nitrogen and oxygen atoms in total. The highest BCUT2D eigenvalue weighted by atomic mass is 16.5. The van der Waals surface area contributed by atoms with Gasteiger partial charge in [0.05, 0.1) is 6.61 Å². The molecule has 7 heteroatoms. The van der Waals surface area contributed by atoms with Gasteiger partial charge in [-0.15, -0.1) is 0 Å². The zero-order chi connectivity index (χ0) is 20.8. The zero-order valence-electron chi connectivity index (χ0n) is 16.4. The van der Waals surface area contributed by atoms with Gasteiger partial charge in [-0.05, 0) is 11.6 Å². The number of pyridine rings is 1. The Balaban J connectivity index is 1.83. The van der Waals surface area contributed by atoms with E-state index in [0.29, 0.717) is 13.0 Å². The molecule has 2 aromatic carbocycles. The van der Waals surface area contributed by atoms with Gasteiger partial charge in [0.1, 0.15) is 18.0 Å². The van der Waals surface area contributed by atoms with Crippen LogP contribution in [0.5, 0.6) is 11.5 Å². The van der Waals surface area contributed by atoms with Crippen LogP contribution in [0.3, 0.4) is 0 Å². The first-order valence-electron chi connectivity index (χ1n) is 9.85. The fraction of sp³-hybridized carbons (Fsp3) is 0.217. The first-order valence-corrected chi connectivity index (χ1v) is 9.85. The van der Waals surface area contributed by atoms with E-state index in [1.54, 1.807) is 22.8 Å². The molecule has 30 heavy (non-hydrogen) atoms. The van der Waals surface area contributed by atoms with Crippen LogP contribution in [-0.4, -0.2) is 40.4 Å². The van der Waals surface area contributed by atoms with Gasteiger partial charge >= 0.3 is 0 Å². The van der Waals surface area contributed by atoms with Crippen LogP contribution in [0, 0.1) is 0 Å². The van der Waals surface area contributed by atoms with Crippen LogP contribution in [0.4, 0.5) is 0 Å². The van der Waals surface area contributed by atoms with Crippen LogP contribution in [0.2, 0.25) is 0 Å². The summed E-state index contributed by atoms with van der Waals surface area (Å²) < 4.78 is 7.70. The minimum atomic E-state index is -0.575. The number of nitrogens with zero attached hydrogens (tertiary/aromatic N) is 3. The summed E-state index contributed by atoms with van der Waals surface area (Å²) in [5, 5.41) is 12.5. The summed E-state index contributed by atoms with van der Waals surface area (Å²) in [5.74, 6) is -0.158. The molecule has 0 saturated heterocycles. The van der Waals surface area contributed by atoms with Crippen molar-refractivity contribution in [2.24, 2.45) is 0 Å². The van der Waals surface area contributed by atoms with Crippen molar-refractivity contribution in [3.8, 4) is 11.5 Å². The first-order chi connectivity index (χ1) is 14.6. The second-order valence-electron chi connectivity index (χ2n) is 7.49. The van der Waals surface area contributed by atoms with E-state index in [0.717, 1.165) is 16.9 Å². The molecule has 152 valence electrons. The Kier molecular flexibility index (Phi) is 4.24. The lowest BCUT2D eigenvalue weighted by Gasteiger charge is -2.49. The Morgan fingerprint density at radius 3 is 2.53 bits per heavy atom. The Morgan fingerprint density at radius 2 is 1.73 bits per heavy atom. The Labute approximate surface area is 173 Å². The number of rotatable bonds is 1. The maximum Gasteiger partial charge on any atom is 0.277 e. The number of ether oxygens (including phenoxy) is 1. The molecule has 1 amide bonds. The number of aromatic hydroxyl groups is 1. The van der Waals surface area contributed by atoms with Crippen molar-refractivity contribution in [2.75, 3.05) is 18.7 Å². The monoisotopic (exact) mass is 403 g/mol. The summed E-state index contributed by atoms with van der Waals surface area (Å²) in [6.07, 6.45) is 1.80. The lowest BCUT2D eigenvalue weighted by atomic mass is 9.95. The van der Waals surface area contributed by atoms with Crippen LogP contribution in [0.25, 0.3) is 0 Å². The van der Waals surface area contributed by atoms with Crippen molar-refractivity contribution in [3.05, 3.63) is 93.9 Å². The summed E-state index contributed by atoms with van der Waals surface area (Å²) >= 11 is 0. The second-order valence-corrected chi connectivity index (χ2v) is 7.49. The highest BCUT2D eigenvalue weighted by molar-refractivity contribution is 5.96. The van der Waals surface area contributed by atoms with Gasteiger partial charge in [0.25, 0.3) is 5.91 Å². The first kappa shape index (κ1) is 18.3. The molecule has 0 aliphatic carbocycles. The maximum atomic E-state index is 13.1. The highest BCUT2D eigenvalue weighted by Crippen LogP contribution is 2.40. The molecule has 3 heterocycles. The predicted octanol–water partition coefficient (Wildman–Crippen LogP) is 2.48. The third kappa shape index (κ3) is 2.66. The molecular weight excluding hydrogens is 382 g/mol. The predicted molar refractivity (Wildman–Crippen MR) is 111 cm³/mol. The van der Waals surface area contributed by atoms with Crippen molar-refractivity contribution >= 4 is 5.91 Å². The van der Waals surface area contributed by atoms with Gasteiger partial charge in [0, 0.05) is 31.3 Å². The number of para-hydroxylation sites is 1. The molecule has 5 rings (SSSR count). The van der Waals surface area contributed by atoms with E-state index in [-0.39, 0.29) is 17.9 Å². The number of fused-ring (bicyclic) bond motifs is 4. The number of hydrogen-bond acceptors (Lipinski definition) is 5. The van der Waals surface area contributed by atoms with Crippen LogP contribution >= 0.6 is 0 Å². The van der Waals surface area contributed by atoms with E-state index in [9.17, 15) is 14.7 Å². The molecule has 2 aliphatic rings. The molecule has 2 aliphatic heterocycles. The molecule has 2 atom stereocenters. The van der Waals surface area contributed by atoms with Crippen molar-refractivity contribution in [2.45, 2.75) is 18.6 Å². The van der Waals surface area contributed by atoms with Gasteiger partial charge in [-0.1, -0.05) is 48.5 Å². The molecule has 1 aromatic heterocycles. The van der Waals surface area contributed by atoms with Crippen LogP contribution < -0.4 is 15.2 Å². The molecule has 1 N–H and O–H groups in total. The number of aromatic nitrogens is 1. The molecular formula is C23H21N3O4. The standard InChI is InChI=1S/C23H21N3O4/c1-24-19-12-14-30-18-10-6-5-9-16(18)20(15-7-3-2-4-8-15)26(19)25-13-11-17(27)22(28)21(25)23(24)29/h2-11,13,19-20,28H,12,14H2,1H3/t19-,20?/m0/s1. The van der Waals surface area contributed by atoms with Gasteiger partial charge in [-0.3, -0.25) is 19.3 Å². The third-order valence-electron chi connectivity index (χ3n) is 5.81. The SMILES string of the molecule is CN1C(=O)c2c(O)c(=O)ccn2N2C(c3ccccc3)c3ccccc3OCC[C@@H]12. The van der Waals surface area contributed by atoms with E-state index < -0.39 is 17.1 Å². The third-order valence-corrected chi connectivity index (χ3v) is 5.81. The number of carbonyl (C=O) groups is 1. The van der Waals surface area contributed by atoms with Gasteiger partial charge < -0.3 is 14.7 Å². The number of hydrogen-bond donors (Lipinski definition) is 1. The lowest BCUT2D eigenvalue weighted by Crippen LogP contribution is -2.62. The van der Waals surface area contributed by atoms with Crippen molar-refractivity contribution in [1.82, 2.24) is 9.58 Å². The van der Waals surface area contributed by atoms with Crippen molar-refractivity contribution < 1.29 is 14.6 Å². The molecule has 3 aromatic rings.